The zero-order chi connectivity index (χ0) is 23.1. The van der Waals surface area contributed by atoms with E-state index in [1.54, 1.807) is 36.4 Å². The first-order chi connectivity index (χ1) is 15.4. The lowest BCUT2D eigenvalue weighted by Gasteiger charge is -2.14. The summed E-state index contributed by atoms with van der Waals surface area (Å²) in [4.78, 5) is 29.6. The lowest BCUT2D eigenvalue weighted by molar-refractivity contribution is -0.122. The average molecular weight is 457 g/mol. The van der Waals surface area contributed by atoms with Crippen molar-refractivity contribution in [1.29, 1.82) is 0 Å². The van der Waals surface area contributed by atoms with E-state index in [-0.39, 0.29) is 29.1 Å². The highest BCUT2D eigenvalue weighted by atomic mass is 32.2. The zero-order valence-corrected chi connectivity index (χ0v) is 19.0. The van der Waals surface area contributed by atoms with Gasteiger partial charge in [-0.15, -0.1) is 0 Å². The first kappa shape index (κ1) is 23.5. The summed E-state index contributed by atoms with van der Waals surface area (Å²) in [5.74, 6) is -0.270. The Balaban J connectivity index is 1.76. The second-order valence-electron chi connectivity index (χ2n) is 7.52. The third-order valence-electron chi connectivity index (χ3n) is 5.07. The number of amides is 2. The smallest absolute Gasteiger partial charge is 0.263 e. The van der Waals surface area contributed by atoms with Crippen molar-refractivity contribution in [3.63, 3.8) is 0 Å². The number of benzene rings is 2. The van der Waals surface area contributed by atoms with Crippen molar-refractivity contribution >= 4 is 27.7 Å². The molecule has 1 aliphatic rings. The maximum Gasteiger partial charge on any atom is 0.263 e. The summed E-state index contributed by atoms with van der Waals surface area (Å²) in [5.41, 5.74) is 1.78. The Kier molecular flexibility index (Phi) is 7.63. The second kappa shape index (κ2) is 10.4. The summed E-state index contributed by atoms with van der Waals surface area (Å²) in [7, 11) is -3.67. The van der Waals surface area contributed by atoms with E-state index in [0.717, 1.165) is 18.4 Å². The number of fused-ring (bicyclic) bond motifs is 1. The molecule has 0 saturated carbocycles. The molecule has 0 spiro atoms. The lowest BCUT2D eigenvalue weighted by Crippen LogP contribution is -2.35. The maximum atomic E-state index is 12.9. The Morgan fingerprint density at radius 1 is 1.06 bits per heavy atom. The Labute approximate surface area is 188 Å². The topological polar surface area (TPSA) is 117 Å². The predicted octanol–water partition coefficient (Wildman–Crippen LogP) is 2.35. The second-order valence-corrected chi connectivity index (χ2v) is 9.17. The van der Waals surface area contributed by atoms with Gasteiger partial charge in [0.05, 0.1) is 4.90 Å². The molecule has 0 aromatic heterocycles. The molecule has 2 aromatic carbocycles. The normalized spacial score (nSPS) is 16.1. The van der Waals surface area contributed by atoms with Crippen LogP contribution in [0.2, 0.25) is 0 Å². The minimum Gasteiger partial charge on any atom is -0.352 e. The van der Waals surface area contributed by atoms with Crippen molar-refractivity contribution in [2.75, 3.05) is 6.54 Å². The van der Waals surface area contributed by atoms with Gasteiger partial charge in [-0.2, -0.15) is 0 Å². The van der Waals surface area contributed by atoms with Crippen LogP contribution in [0.3, 0.4) is 0 Å². The largest absolute Gasteiger partial charge is 0.352 e. The van der Waals surface area contributed by atoms with Crippen LogP contribution in [-0.2, 0) is 21.4 Å². The van der Waals surface area contributed by atoms with E-state index < -0.39 is 16.1 Å². The summed E-state index contributed by atoms with van der Waals surface area (Å²) in [6.07, 6.45) is 2.15. The molecule has 0 radical (unpaired) electrons. The van der Waals surface area contributed by atoms with Gasteiger partial charge in [-0.3, -0.25) is 19.3 Å². The van der Waals surface area contributed by atoms with E-state index in [1.165, 1.54) is 6.07 Å². The van der Waals surface area contributed by atoms with Crippen LogP contribution in [0.4, 0.5) is 0 Å². The maximum absolute atomic E-state index is 12.9. The van der Waals surface area contributed by atoms with Gasteiger partial charge in [0.1, 0.15) is 11.9 Å². The van der Waals surface area contributed by atoms with Crippen LogP contribution >= 0.6 is 0 Å². The molecule has 2 amide bonds. The summed E-state index contributed by atoms with van der Waals surface area (Å²) in [6.45, 7) is 4.64. The number of unbranched alkanes of at least 4 members (excludes halogenated alkanes) is 1. The Morgan fingerprint density at radius 3 is 2.59 bits per heavy atom. The molecule has 1 unspecified atom stereocenters. The van der Waals surface area contributed by atoms with Crippen molar-refractivity contribution in [3.05, 3.63) is 65.2 Å². The van der Waals surface area contributed by atoms with Crippen molar-refractivity contribution in [2.24, 2.45) is 4.99 Å². The molecule has 170 valence electrons. The fraction of sp³-hybridized carbons (Fsp3) is 0.348. The molecule has 1 atom stereocenters. The molecule has 8 nitrogen and oxygen atoms in total. The molecule has 0 aliphatic carbocycles. The first-order valence-corrected chi connectivity index (χ1v) is 12.2. The number of nitrogens with zero attached hydrogens (tertiary/aromatic N) is 1. The van der Waals surface area contributed by atoms with Crippen molar-refractivity contribution < 1.29 is 18.0 Å². The van der Waals surface area contributed by atoms with Gasteiger partial charge in [-0.1, -0.05) is 44.0 Å². The van der Waals surface area contributed by atoms with E-state index in [0.29, 0.717) is 24.1 Å². The van der Waals surface area contributed by atoms with Crippen LogP contribution in [0, 0.1) is 0 Å². The predicted molar refractivity (Wildman–Crippen MR) is 123 cm³/mol. The molecule has 3 rings (SSSR count). The number of hydrogen-bond acceptors (Lipinski definition) is 5. The van der Waals surface area contributed by atoms with Gasteiger partial charge in [0.2, 0.25) is 5.91 Å². The molecule has 1 aliphatic heterocycles. The summed E-state index contributed by atoms with van der Waals surface area (Å²) >= 11 is 0. The molecule has 9 heteroatoms. The fourth-order valence-corrected chi connectivity index (χ4v) is 4.67. The number of rotatable bonds is 9. The third-order valence-corrected chi connectivity index (χ3v) is 6.47. The van der Waals surface area contributed by atoms with Crippen LogP contribution in [0.1, 0.15) is 54.6 Å². The third kappa shape index (κ3) is 5.53. The molecule has 32 heavy (non-hydrogen) atoms. The quantitative estimate of drug-likeness (QED) is 0.537. The number of carbonyl (C=O) groups is 2. The zero-order valence-electron chi connectivity index (χ0n) is 18.2. The van der Waals surface area contributed by atoms with E-state index in [9.17, 15) is 18.0 Å². The van der Waals surface area contributed by atoms with Gasteiger partial charge < -0.3 is 10.6 Å². The van der Waals surface area contributed by atoms with E-state index in [2.05, 4.69) is 20.3 Å². The van der Waals surface area contributed by atoms with Gasteiger partial charge in [0.15, 0.2) is 0 Å². The Bertz CT molecular complexity index is 1130. The van der Waals surface area contributed by atoms with Gasteiger partial charge in [-0.05, 0) is 43.2 Å². The monoisotopic (exact) mass is 456 g/mol. The molecule has 0 saturated heterocycles. The van der Waals surface area contributed by atoms with E-state index in [4.69, 9.17) is 0 Å². The molecule has 0 fully saturated rings. The van der Waals surface area contributed by atoms with Crippen molar-refractivity contribution in [3.8, 4) is 0 Å². The number of amidine groups is 1. The number of nitrogens with one attached hydrogen (secondary N) is 3. The van der Waals surface area contributed by atoms with Crippen molar-refractivity contribution in [1.82, 2.24) is 15.4 Å². The molecule has 2 aromatic rings. The highest BCUT2D eigenvalue weighted by Crippen LogP contribution is 2.23. The number of sulfonamides is 1. The highest BCUT2D eigenvalue weighted by molar-refractivity contribution is 7.90. The van der Waals surface area contributed by atoms with Gasteiger partial charge in [-0.25, -0.2) is 8.42 Å². The summed E-state index contributed by atoms with van der Waals surface area (Å²) in [6, 6.07) is 12.9. The van der Waals surface area contributed by atoms with E-state index >= 15 is 0 Å². The Hall–Kier alpha value is -3.20. The highest BCUT2D eigenvalue weighted by Gasteiger charge is 2.31. The van der Waals surface area contributed by atoms with Crippen LogP contribution < -0.4 is 15.4 Å². The lowest BCUT2D eigenvalue weighted by atomic mass is 10.1. The molecular weight excluding hydrogens is 428 g/mol. The van der Waals surface area contributed by atoms with Crippen LogP contribution in [0.15, 0.2) is 58.4 Å². The fourth-order valence-electron chi connectivity index (χ4n) is 3.43. The van der Waals surface area contributed by atoms with Gasteiger partial charge >= 0.3 is 0 Å². The number of aliphatic imine (C=N–C) groups is 1. The number of carbonyl (C=O) groups excluding carboxylic acids is 2. The van der Waals surface area contributed by atoms with Crippen LogP contribution in [0.5, 0.6) is 0 Å². The van der Waals surface area contributed by atoms with Gasteiger partial charge in [0, 0.05) is 24.2 Å². The minimum atomic E-state index is -3.67. The van der Waals surface area contributed by atoms with Crippen LogP contribution in [-0.4, -0.2) is 38.7 Å². The molecule has 0 bridgehead atoms. The summed E-state index contributed by atoms with van der Waals surface area (Å²) in [5, 5.41) is 5.62. The van der Waals surface area contributed by atoms with E-state index in [1.807, 2.05) is 19.9 Å². The SMILES string of the molecule is CCCCC(N=C1NS(=O)(=O)c2ccccc21)C(=O)NCc1cccc(C(=O)NCC)c1. The number of hydrogen-bond donors (Lipinski definition) is 3. The van der Waals surface area contributed by atoms with Gasteiger partial charge in [0.25, 0.3) is 15.9 Å². The van der Waals surface area contributed by atoms with Crippen molar-refractivity contribution in [2.45, 2.75) is 50.6 Å². The molecule has 1 heterocycles. The van der Waals surface area contributed by atoms with Crippen LogP contribution in [0.25, 0.3) is 0 Å². The first-order valence-electron chi connectivity index (χ1n) is 10.7. The Morgan fingerprint density at radius 2 is 1.84 bits per heavy atom. The minimum absolute atomic E-state index is 0.163. The molecular formula is C23H28N4O4S. The molecule has 3 N–H and O–H groups in total. The average Bonchev–Trinajstić information content (AvgIpc) is 3.05. The standard InChI is InChI=1S/C23H28N4O4S/c1-3-5-12-19(26-21-18-11-6-7-13-20(18)32(30,31)27-21)23(29)25-15-16-9-8-10-17(14-16)22(28)24-4-2/h6-11,13-14,19H,3-5,12,15H2,1-2H3,(H,24,28)(H,25,29)(H,26,27). The summed E-state index contributed by atoms with van der Waals surface area (Å²) < 4.78 is 27.2.